The number of thiophene rings is 1. The lowest BCUT2D eigenvalue weighted by Gasteiger charge is -2.32. The zero-order chi connectivity index (χ0) is 11.9. The standard InChI is InChI=1S/C14H15NOS/c1-14(7-6-13(16)15-9-14)12-8-10-4-2-3-5-11(10)17-12/h2-5,8H,6-7,9H2,1H3,(H,15,16). The normalized spacial score (nSPS) is 24.9. The topological polar surface area (TPSA) is 29.1 Å². The molecule has 1 aliphatic rings. The van der Waals surface area contributed by atoms with E-state index in [1.54, 1.807) is 0 Å². The number of hydrogen-bond acceptors (Lipinski definition) is 2. The van der Waals surface area contributed by atoms with Crippen LogP contribution in [0, 0.1) is 0 Å². The van der Waals surface area contributed by atoms with Crippen LogP contribution in [0.1, 0.15) is 24.6 Å². The monoisotopic (exact) mass is 245 g/mol. The van der Waals surface area contributed by atoms with Crippen LogP contribution in [0.2, 0.25) is 0 Å². The van der Waals surface area contributed by atoms with Crippen molar-refractivity contribution in [2.24, 2.45) is 0 Å². The third-order valence-electron chi connectivity index (χ3n) is 3.60. The molecule has 0 spiro atoms. The van der Waals surface area contributed by atoms with Crippen molar-refractivity contribution in [3.8, 4) is 0 Å². The Kier molecular flexibility index (Phi) is 2.44. The van der Waals surface area contributed by atoms with Crippen molar-refractivity contribution in [1.29, 1.82) is 0 Å². The summed E-state index contributed by atoms with van der Waals surface area (Å²) < 4.78 is 1.33. The summed E-state index contributed by atoms with van der Waals surface area (Å²) in [7, 11) is 0. The lowest BCUT2D eigenvalue weighted by molar-refractivity contribution is -0.123. The number of nitrogens with one attached hydrogen (secondary N) is 1. The van der Waals surface area contributed by atoms with Gasteiger partial charge in [-0.2, -0.15) is 0 Å². The first-order valence-electron chi connectivity index (χ1n) is 5.93. The van der Waals surface area contributed by atoms with E-state index in [-0.39, 0.29) is 11.3 Å². The summed E-state index contributed by atoms with van der Waals surface area (Å²) in [5, 5.41) is 4.29. The van der Waals surface area contributed by atoms with Crippen molar-refractivity contribution in [3.63, 3.8) is 0 Å². The molecule has 0 saturated carbocycles. The highest BCUT2D eigenvalue weighted by Gasteiger charge is 2.33. The van der Waals surface area contributed by atoms with Crippen LogP contribution in [0.25, 0.3) is 10.1 Å². The van der Waals surface area contributed by atoms with Gasteiger partial charge in [-0.1, -0.05) is 25.1 Å². The molecule has 3 heteroatoms. The van der Waals surface area contributed by atoms with Gasteiger partial charge in [0.25, 0.3) is 0 Å². The molecular formula is C14H15NOS. The van der Waals surface area contributed by atoms with E-state index in [0.29, 0.717) is 6.42 Å². The van der Waals surface area contributed by atoms with Crippen LogP contribution in [0.4, 0.5) is 0 Å². The van der Waals surface area contributed by atoms with Crippen LogP contribution in [-0.4, -0.2) is 12.5 Å². The van der Waals surface area contributed by atoms with Crippen molar-refractivity contribution >= 4 is 27.3 Å². The summed E-state index contributed by atoms with van der Waals surface area (Å²) in [6.45, 7) is 3.01. The maximum atomic E-state index is 11.2. The minimum absolute atomic E-state index is 0.109. The predicted octanol–water partition coefficient (Wildman–Crippen LogP) is 3.07. The first kappa shape index (κ1) is 10.8. The van der Waals surface area contributed by atoms with Gasteiger partial charge >= 0.3 is 0 Å². The quantitative estimate of drug-likeness (QED) is 0.822. The Morgan fingerprint density at radius 1 is 1.35 bits per heavy atom. The SMILES string of the molecule is CC1(c2cc3ccccc3s2)CCC(=O)NC1. The highest BCUT2D eigenvalue weighted by atomic mass is 32.1. The fraction of sp³-hybridized carbons (Fsp3) is 0.357. The Bertz CT molecular complexity index is 529. The van der Waals surface area contributed by atoms with E-state index in [0.717, 1.165) is 13.0 Å². The lowest BCUT2D eigenvalue weighted by atomic mass is 9.81. The molecule has 3 rings (SSSR count). The van der Waals surface area contributed by atoms with E-state index < -0.39 is 0 Å². The number of rotatable bonds is 1. The zero-order valence-corrected chi connectivity index (χ0v) is 10.6. The van der Waals surface area contributed by atoms with Gasteiger partial charge in [-0.25, -0.2) is 0 Å². The second-order valence-electron chi connectivity index (χ2n) is 4.99. The van der Waals surface area contributed by atoms with Crippen molar-refractivity contribution in [3.05, 3.63) is 35.2 Å². The highest BCUT2D eigenvalue weighted by Crippen LogP contribution is 2.38. The van der Waals surface area contributed by atoms with E-state index in [2.05, 4.69) is 42.6 Å². The molecule has 1 atom stereocenters. The molecule has 2 heterocycles. The van der Waals surface area contributed by atoms with Crippen LogP contribution in [0.5, 0.6) is 0 Å². The minimum atomic E-state index is 0.109. The van der Waals surface area contributed by atoms with E-state index in [4.69, 9.17) is 0 Å². The van der Waals surface area contributed by atoms with Gasteiger partial charge in [0.15, 0.2) is 0 Å². The summed E-state index contributed by atoms with van der Waals surface area (Å²) in [6, 6.07) is 10.7. The minimum Gasteiger partial charge on any atom is -0.355 e. The van der Waals surface area contributed by atoms with E-state index in [1.807, 2.05) is 11.3 Å². The van der Waals surface area contributed by atoms with Crippen LogP contribution < -0.4 is 5.32 Å². The predicted molar refractivity (Wildman–Crippen MR) is 71.4 cm³/mol. The van der Waals surface area contributed by atoms with Crippen LogP contribution >= 0.6 is 11.3 Å². The fourth-order valence-electron chi connectivity index (χ4n) is 2.35. The van der Waals surface area contributed by atoms with Gasteiger partial charge in [-0.05, 0) is 23.9 Å². The molecule has 88 valence electrons. The summed E-state index contributed by atoms with van der Waals surface area (Å²) in [5.74, 6) is 0.184. The van der Waals surface area contributed by atoms with Gasteiger partial charge < -0.3 is 5.32 Å². The smallest absolute Gasteiger partial charge is 0.220 e. The molecule has 1 unspecified atom stereocenters. The van der Waals surface area contributed by atoms with Gasteiger partial charge in [0.2, 0.25) is 5.91 Å². The molecule has 1 aromatic heterocycles. The number of piperidine rings is 1. The Hall–Kier alpha value is -1.35. The Morgan fingerprint density at radius 2 is 2.18 bits per heavy atom. The largest absolute Gasteiger partial charge is 0.355 e. The van der Waals surface area contributed by atoms with Crippen LogP contribution in [-0.2, 0) is 10.2 Å². The number of benzene rings is 1. The van der Waals surface area contributed by atoms with Crippen molar-refractivity contribution < 1.29 is 4.79 Å². The van der Waals surface area contributed by atoms with Gasteiger partial charge in [0.1, 0.15) is 0 Å². The van der Waals surface area contributed by atoms with E-state index in [9.17, 15) is 4.79 Å². The molecule has 1 fully saturated rings. The second kappa shape index (κ2) is 3.84. The van der Waals surface area contributed by atoms with E-state index in [1.165, 1.54) is 15.0 Å². The summed E-state index contributed by atoms with van der Waals surface area (Å²) in [6.07, 6.45) is 1.59. The number of hydrogen-bond donors (Lipinski definition) is 1. The number of carbonyl (C=O) groups excluding carboxylic acids is 1. The van der Waals surface area contributed by atoms with Crippen LogP contribution in [0.3, 0.4) is 0 Å². The summed E-state index contributed by atoms with van der Waals surface area (Å²) >= 11 is 1.85. The van der Waals surface area contributed by atoms with Gasteiger partial charge in [0, 0.05) is 28.0 Å². The molecule has 0 aliphatic carbocycles. The van der Waals surface area contributed by atoms with Crippen molar-refractivity contribution in [2.45, 2.75) is 25.2 Å². The molecule has 2 aromatic rings. The first-order valence-corrected chi connectivity index (χ1v) is 6.75. The molecule has 1 N–H and O–H groups in total. The number of amides is 1. The van der Waals surface area contributed by atoms with Gasteiger partial charge in [-0.15, -0.1) is 11.3 Å². The first-order chi connectivity index (χ1) is 8.17. The van der Waals surface area contributed by atoms with Crippen molar-refractivity contribution in [2.75, 3.05) is 6.54 Å². The zero-order valence-electron chi connectivity index (χ0n) is 9.82. The maximum Gasteiger partial charge on any atom is 0.220 e. The molecular weight excluding hydrogens is 230 g/mol. The Labute approximate surface area is 105 Å². The lowest BCUT2D eigenvalue weighted by Crippen LogP contribution is -2.43. The molecule has 1 aromatic carbocycles. The summed E-state index contributed by atoms with van der Waals surface area (Å²) in [4.78, 5) is 12.6. The average Bonchev–Trinajstić information content (AvgIpc) is 2.77. The maximum absolute atomic E-state index is 11.2. The molecule has 17 heavy (non-hydrogen) atoms. The van der Waals surface area contributed by atoms with Gasteiger partial charge in [-0.3, -0.25) is 4.79 Å². The van der Waals surface area contributed by atoms with Gasteiger partial charge in [0.05, 0.1) is 0 Å². The second-order valence-corrected chi connectivity index (χ2v) is 6.07. The third-order valence-corrected chi connectivity index (χ3v) is 5.02. The molecule has 1 amide bonds. The number of fused-ring (bicyclic) bond motifs is 1. The highest BCUT2D eigenvalue weighted by molar-refractivity contribution is 7.19. The van der Waals surface area contributed by atoms with E-state index >= 15 is 0 Å². The molecule has 0 bridgehead atoms. The Balaban J connectivity index is 2.00. The number of carbonyl (C=O) groups is 1. The Morgan fingerprint density at radius 3 is 2.88 bits per heavy atom. The molecule has 2 nitrogen and oxygen atoms in total. The fourth-order valence-corrected chi connectivity index (χ4v) is 3.58. The van der Waals surface area contributed by atoms with Crippen molar-refractivity contribution in [1.82, 2.24) is 5.32 Å². The molecule has 1 saturated heterocycles. The average molecular weight is 245 g/mol. The summed E-state index contributed by atoms with van der Waals surface area (Å²) in [5.41, 5.74) is 0.109. The third kappa shape index (κ3) is 1.84. The van der Waals surface area contributed by atoms with Crippen LogP contribution in [0.15, 0.2) is 30.3 Å². The molecule has 0 radical (unpaired) electrons. The molecule has 1 aliphatic heterocycles.